The Morgan fingerprint density at radius 2 is 1.93 bits per heavy atom. The standard InChI is InChI=1S/C20H18N4O3S/c25-28(26,17-5-2-1-3-6-17)23-11-8-16(13-23)24-19(15-9-12-27-14-15)22-18-7-4-10-21-20(18)24/h1-7,9-10,12,14,16H,8,11,13H2/t16-/m1/s1. The largest absolute Gasteiger partial charge is 0.472 e. The first-order chi connectivity index (χ1) is 13.6. The number of aromatic nitrogens is 3. The van der Waals surface area contributed by atoms with Crippen LogP contribution >= 0.6 is 0 Å². The van der Waals surface area contributed by atoms with E-state index in [1.807, 2.05) is 28.8 Å². The van der Waals surface area contributed by atoms with Gasteiger partial charge in [-0.15, -0.1) is 0 Å². The molecule has 0 amide bonds. The van der Waals surface area contributed by atoms with E-state index in [1.54, 1.807) is 47.3 Å². The molecule has 0 spiro atoms. The van der Waals surface area contributed by atoms with E-state index in [9.17, 15) is 8.42 Å². The summed E-state index contributed by atoms with van der Waals surface area (Å²) in [6.45, 7) is 0.837. The maximum absolute atomic E-state index is 13.0. The summed E-state index contributed by atoms with van der Waals surface area (Å²) in [7, 11) is -3.52. The Labute approximate surface area is 162 Å². The van der Waals surface area contributed by atoms with Gasteiger partial charge < -0.3 is 8.98 Å². The number of nitrogens with zero attached hydrogens (tertiary/aromatic N) is 4. The molecule has 0 aliphatic carbocycles. The third-order valence-corrected chi connectivity index (χ3v) is 6.98. The molecule has 28 heavy (non-hydrogen) atoms. The van der Waals surface area contributed by atoms with Gasteiger partial charge in [-0.3, -0.25) is 0 Å². The molecule has 4 aromatic rings. The molecular weight excluding hydrogens is 376 g/mol. The molecule has 0 bridgehead atoms. The van der Waals surface area contributed by atoms with E-state index >= 15 is 0 Å². The summed E-state index contributed by atoms with van der Waals surface area (Å²) in [5.41, 5.74) is 2.38. The van der Waals surface area contributed by atoms with Crippen molar-refractivity contribution in [2.75, 3.05) is 13.1 Å². The van der Waals surface area contributed by atoms with Gasteiger partial charge in [0.05, 0.1) is 22.8 Å². The van der Waals surface area contributed by atoms with E-state index in [4.69, 9.17) is 9.40 Å². The Hall–Kier alpha value is -2.97. The van der Waals surface area contributed by atoms with E-state index in [0.717, 1.165) is 22.6 Å². The molecule has 1 aliphatic rings. The van der Waals surface area contributed by atoms with Crippen LogP contribution in [0.2, 0.25) is 0 Å². The average Bonchev–Trinajstić information content (AvgIpc) is 3.46. The van der Waals surface area contributed by atoms with Crippen LogP contribution in [0.3, 0.4) is 0 Å². The van der Waals surface area contributed by atoms with Gasteiger partial charge >= 0.3 is 0 Å². The van der Waals surface area contributed by atoms with Crippen LogP contribution in [0.4, 0.5) is 0 Å². The molecule has 0 N–H and O–H groups in total. The van der Waals surface area contributed by atoms with Gasteiger partial charge in [-0.2, -0.15) is 4.31 Å². The van der Waals surface area contributed by atoms with Crippen LogP contribution in [0, 0.1) is 0 Å². The number of benzene rings is 1. The minimum absolute atomic E-state index is 0.0525. The molecule has 3 aromatic heterocycles. The summed E-state index contributed by atoms with van der Waals surface area (Å²) in [5, 5.41) is 0. The lowest BCUT2D eigenvalue weighted by molar-refractivity contribution is 0.455. The molecule has 5 rings (SSSR count). The van der Waals surface area contributed by atoms with Crippen molar-refractivity contribution < 1.29 is 12.8 Å². The highest BCUT2D eigenvalue weighted by atomic mass is 32.2. The fraction of sp³-hybridized carbons (Fsp3) is 0.200. The van der Waals surface area contributed by atoms with Gasteiger partial charge in [-0.05, 0) is 36.8 Å². The lowest BCUT2D eigenvalue weighted by Gasteiger charge is -2.18. The molecule has 1 fully saturated rings. The second-order valence-corrected chi connectivity index (χ2v) is 8.72. The third kappa shape index (κ3) is 2.73. The van der Waals surface area contributed by atoms with E-state index in [2.05, 4.69) is 4.98 Å². The van der Waals surface area contributed by atoms with Crippen LogP contribution in [-0.2, 0) is 10.0 Å². The van der Waals surface area contributed by atoms with E-state index < -0.39 is 10.0 Å². The Morgan fingerprint density at radius 1 is 1.07 bits per heavy atom. The molecule has 0 radical (unpaired) electrons. The normalized spacial score (nSPS) is 18.1. The highest BCUT2D eigenvalue weighted by Crippen LogP contribution is 2.34. The quantitative estimate of drug-likeness (QED) is 0.530. The van der Waals surface area contributed by atoms with Crippen molar-refractivity contribution in [3.05, 3.63) is 67.3 Å². The number of hydrogen-bond acceptors (Lipinski definition) is 5. The molecular formula is C20H18N4O3S. The summed E-state index contributed by atoms with van der Waals surface area (Å²) in [5.74, 6) is 0.742. The molecule has 0 unspecified atom stereocenters. The van der Waals surface area contributed by atoms with Crippen molar-refractivity contribution >= 4 is 21.2 Å². The predicted molar refractivity (Wildman–Crippen MR) is 104 cm³/mol. The van der Waals surface area contributed by atoms with Crippen LogP contribution in [-0.4, -0.2) is 40.3 Å². The zero-order chi connectivity index (χ0) is 19.1. The van der Waals surface area contributed by atoms with Crippen molar-refractivity contribution in [3.63, 3.8) is 0 Å². The van der Waals surface area contributed by atoms with Crippen LogP contribution in [0.15, 0.2) is 76.6 Å². The lowest BCUT2D eigenvalue weighted by atomic mass is 10.2. The molecule has 4 heterocycles. The van der Waals surface area contributed by atoms with Gasteiger partial charge in [0.25, 0.3) is 0 Å². The number of sulfonamides is 1. The van der Waals surface area contributed by atoms with E-state index in [0.29, 0.717) is 24.4 Å². The minimum Gasteiger partial charge on any atom is -0.472 e. The number of fused-ring (bicyclic) bond motifs is 1. The Kier molecular flexibility index (Phi) is 4.03. The second kappa shape index (κ2) is 6.57. The summed E-state index contributed by atoms with van der Waals surface area (Å²) in [4.78, 5) is 9.54. The van der Waals surface area contributed by atoms with Gasteiger partial charge in [0, 0.05) is 19.3 Å². The Morgan fingerprint density at radius 3 is 2.71 bits per heavy atom. The second-order valence-electron chi connectivity index (χ2n) is 6.78. The summed E-state index contributed by atoms with van der Waals surface area (Å²) < 4.78 is 34.8. The van der Waals surface area contributed by atoms with E-state index in [1.165, 1.54) is 0 Å². The van der Waals surface area contributed by atoms with Crippen molar-refractivity contribution in [3.8, 4) is 11.4 Å². The first-order valence-electron chi connectivity index (χ1n) is 9.05. The highest BCUT2D eigenvalue weighted by Gasteiger charge is 2.35. The number of furan rings is 1. The summed E-state index contributed by atoms with van der Waals surface area (Å²) >= 11 is 0. The SMILES string of the molecule is O=S(=O)(c1ccccc1)N1CC[C@@H](n2c(-c3ccoc3)nc3cccnc32)C1. The van der Waals surface area contributed by atoms with Crippen molar-refractivity contribution in [2.45, 2.75) is 17.4 Å². The summed E-state index contributed by atoms with van der Waals surface area (Å²) in [6.07, 6.45) is 5.67. The molecule has 7 nitrogen and oxygen atoms in total. The zero-order valence-electron chi connectivity index (χ0n) is 15.0. The molecule has 1 atom stereocenters. The van der Waals surface area contributed by atoms with E-state index in [-0.39, 0.29) is 6.04 Å². The Balaban J connectivity index is 1.55. The zero-order valence-corrected chi connectivity index (χ0v) is 15.8. The van der Waals surface area contributed by atoms with Crippen molar-refractivity contribution in [1.29, 1.82) is 0 Å². The molecule has 1 aromatic carbocycles. The van der Waals surface area contributed by atoms with Crippen LogP contribution in [0.25, 0.3) is 22.6 Å². The lowest BCUT2D eigenvalue weighted by Crippen LogP contribution is -2.29. The maximum atomic E-state index is 13.0. The monoisotopic (exact) mass is 394 g/mol. The number of imidazole rings is 1. The van der Waals surface area contributed by atoms with Gasteiger partial charge in [-0.25, -0.2) is 18.4 Å². The third-order valence-electron chi connectivity index (χ3n) is 5.10. The molecule has 1 saturated heterocycles. The number of rotatable bonds is 4. The fourth-order valence-corrected chi connectivity index (χ4v) is 5.27. The smallest absolute Gasteiger partial charge is 0.243 e. The fourth-order valence-electron chi connectivity index (χ4n) is 3.75. The molecule has 0 saturated carbocycles. The van der Waals surface area contributed by atoms with Crippen LogP contribution in [0.1, 0.15) is 12.5 Å². The van der Waals surface area contributed by atoms with Gasteiger partial charge in [0.15, 0.2) is 5.65 Å². The van der Waals surface area contributed by atoms with Crippen molar-refractivity contribution in [1.82, 2.24) is 18.8 Å². The molecule has 1 aliphatic heterocycles. The first kappa shape index (κ1) is 17.2. The number of pyridine rings is 1. The molecule has 142 valence electrons. The maximum Gasteiger partial charge on any atom is 0.243 e. The predicted octanol–water partition coefficient (Wildman–Crippen LogP) is 3.33. The molecule has 8 heteroatoms. The van der Waals surface area contributed by atoms with Gasteiger partial charge in [0.2, 0.25) is 10.0 Å². The van der Waals surface area contributed by atoms with Crippen LogP contribution in [0.5, 0.6) is 0 Å². The first-order valence-corrected chi connectivity index (χ1v) is 10.5. The van der Waals surface area contributed by atoms with Gasteiger partial charge in [0.1, 0.15) is 17.6 Å². The Bertz CT molecular complexity index is 1220. The minimum atomic E-state index is -3.52. The highest BCUT2D eigenvalue weighted by molar-refractivity contribution is 7.89. The van der Waals surface area contributed by atoms with Crippen molar-refractivity contribution in [2.24, 2.45) is 0 Å². The van der Waals surface area contributed by atoms with Crippen LogP contribution < -0.4 is 0 Å². The van der Waals surface area contributed by atoms with Gasteiger partial charge in [-0.1, -0.05) is 18.2 Å². The summed E-state index contributed by atoms with van der Waals surface area (Å²) in [6, 6.07) is 14.1. The topological polar surface area (TPSA) is 81.2 Å². The average molecular weight is 394 g/mol. The number of hydrogen-bond donors (Lipinski definition) is 0.